The predicted octanol–water partition coefficient (Wildman–Crippen LogP) is 2.40. The second-order valence-electron chi connectivity index (χ2n) is 4.59. The summed E-state index contributed by atoms with van der Waals surface area (Å²) >= 11 is 3.30. The number of hydrogen-bond donors (Lipinski definition) is 1. The summed E-state index contributed by atoms with van der Waals surface area (Å²) in [5, 5.41) is 10.7. The molecule has 5 nitrogen and oxygen atoms in total. The third-order valence-corrected chi connectivity index (χ3v) is 3.51. The third kappa shape index (κ3) is 4.28. The lowest BCUT2D eigenvalue weighted by atomic mass is 9.82. The minimum absolute atomic E-state index is 0.114. The Hall–Kier alpha value is -1.40. The van der Waals surface area contributed by atoms with E-state index in [0.29, 0.717) is 5.56 Å². The molecule has 1 aromatic rings. The van der Waals surface area contributed by atoms with Crippen molar-refractivity contribution in [1.82, 2.24) is 0 Å². The zero-order chi connectivity index (χ0) is 16.0. The van der Waals surface area contributed by atoms with Crippen LogP contribution in [0.3, 0.4) is 0 Å². The Kier molecular flexibility index (Phi) is 6.36. The van der Waals surface area contributed by atoms with Crippen LogP contribution in [0, 0.1) is 5.92 Å². The van der Waals surface area contributed by atoms with Crippen molar-refractivity contribution >= 4 is 27.9 Å². The van der Waals surface area contributed by atoms with Gasteiger partial charge in [0.15, 0.2) is 5.92 Å². The molecule has 0 aliphatic heterocycles. The Morgan fingerprint density at radius 1 is 1.24 bits per heavy atom. The number of aliphatic hydroxyl groups is 1. The van der Waals surface area contributed by atoms with E-state index in [1.807, 2.05) is 0 Å². The summed E-state index contributed by atoms with van der Waals surface area (Å²) in [7, 11) is 0. The highest BCUT2D eigenvalue weighted by Gasteiger charge is 2.46. The average Bonchev–Trinajstić information content (AvgIpc) is 2.39. The molecule has 0 aliphatic carbocycles. The Balaban J connectivity index is 3.22. The first-order chi connectivity index (χ1) is 9.84. The van der Waals surface area contributed by atoms with E-state index in [2.05, 4.69) is 15.9 Å². The van der Waals surface area contributed by atoms with Crippen molar-refractivity contribution in [3.63, 3.8) is 0 Å². The van der Waals surface area contributed by atoms with E-state index in [1.54, 1.807) is 38.1 Å². The van der Waals surface area contributed by atoms with Crippen LogP contribution in [0.25, 0.3) is 0 Å². The van der Waals surface area contributed by atoms with Gasteiger partial charge >= 0.3 is 11.9 Å². The van der Waals surface area contributed by atoms with Crippen molar-refractivity contribution in [2.75, 3.05) is 13.2 Å². The van der Waals surface area contributed by atoms with Crippen molar-refractivity contribution in [3.05, 3.63) is 34.3 Å². The maximum Gasteiger partial charge on any atom is 0.323 e. The molecule has 6 heteroatoms. The molecule has 1 aromatic carbocycles. The van der Waals surface area contributed by atoms with Gasteiger partial charge in [-0.25, -0.2) is 0 Å². The lowest BCUT2D eigenvalue weighted by Gasteiger charge is -2.30. The number of rotatable bonds is 6. The first kappa shape index (κ1) is 17.7. The van der Waals surface area contributed by atoms with Crippen LogP contribution in [0.2, 0.25) is 0 Å². The molecule has 1 unspecified atom stereocenters. The highest BCUT2D eigenvalue weighted by molar-refractivity contribution is 9.10. The number of benzene rings is 1. The van der Waals surface area contributed by atoms with Crippen molar-refractivity contribution in [2.45, 2.75) is 26.4 Å². The quantitative estimate of drug-likeness (QED) is 0.624. The van der Waals surface area contributed by atoms with E-state index in [9.17, 15) is 14.7 Å². The predicted molar refractivity (Wildman–Crippen MR) is 80.5 cm³/mol. The molecule has 0 saturated carbocycles. The maximum atomic E-state index is 12.1. The Labute approximate surface area is 132 Å². The van der Waals surface area contributed by atoms with E-state index < -0.39 is 23.5 Å². The summed E-state index contributed by atoms with van der Waals surface area (Å²) in [5.74, 6) is -3.05. The van der Waals surface area contributed by atoms with Crippen LogP contribution in [-0.4, -0.2) is 30.3 Å². The Morgan fingerprint density at radius 3 is 2.19 bits per heavy atom. The summed E-state index contributed by atoms with van der Waals surface area (Å²) in [6.07, 6.45) is 0. The summed E-state index contributed by atoms with van der Waals surface area (Å²) in [6, 6.07) is 6.77. The zero-order valence-corrected chi connectivity index (χ0v) is 13.8. The van der Waals surface area contributed by atoms with Crippen LogP contribution in [0.1, 0.15) is 26.3 Å². The fraction of sp³-hybridized carbons (Fsp3) is 0.467. The Morgan fingerprint density at radius 2 is 1.76 bits per heavy atom. The number of halogens is 1. The molecule has 0 bridgehead atoms. The smallest absolute Gasteiger partial charge is 0.323 e. The fourth-order valence-electron chi connectivity index (χ4n) is 1.98. The van der Waals surface area contributed by atoms with Crippen molar-refractivity contribution in [2.24, 2.45) is 5.92 Å². The molecule has 0 aromatic heterocycles. The molecule has 1 rings (SSSR count). The van der Waals surface area contributed by atoms with Gasteiger partial charge in [-0.3, -0.25) is 9.59 Å². The minimum Gasteiger partial charge on any atom is -0.465 e. The molecule has 0 aliphatic rings. The summed E-state index contributed by atoms with van der Waals surface area (Å²) in [4.78, 5) is 24.1. The van der Waals surface area contributed by atoms with E-state index in [4.69, 9.17) is 9.47 Å². The molecule has 0 fully saturated rings. The van der Waals surface area contributed by atoms with Crippen molar-refractivity contribution < 1.29 is 24.2 Å². The molecule has 0 spiro atoms. The highest BCUT2D eigenvalue weighted by atomic mass is 79.9. The number of carbonyl (C=O) groups excluding carboxylic acids is 2. The van der Waals surface area contributed by atoms with Crippen LogP contribution < -0.4 is 0 Å². The van der Waals surface area contributed by atoms with Gasteiger partial charge in [0, 0.05) is 4.47 Å². The van der Waals surface area contributed by atoms with Gasteiger partial charge in [0.25, 0.3) is 0 Å². The minimum atomic E-state index is -1.73. The monoisotopic (exact) mass is 358 g/mol. The van der Waals surface area contributed by atoms with Crippen LogP contribution in [-0.2, 0) is 24.7 Å². The Bertz CT molecular complexity index is 495. The van der Waals surface area contributed by atoms with E-state index in [0.717, 1.165) is 4.47 Å². The second-order valence-corrected chi connectivity index (χ2v) is 5.51. The van der Waals surface area contributed by atoms with Gasteiger partial charge in [0.05, 0.1) is 13.2 Å². The molecule has 0 heterocycles. The molecular formula is C15H19BrO5. The summed E-state index contributed by atoms with van der Waals surface area (Å²) in [6.45, 7) is 4.89. The van der Waals surface area contributed by atoms with Gasteiger partial charge in [-0.05, 0) is 38.5 Å². The van der Waals surface area contributed by atoms with Crippen LogP contribution in [0.4, 0.5) is 0 Å². The molecule has 0 saturated heterocycles. The van der Waals surface area contributed by atoms with Gasteiger partial charge in [0.2, 0.25) is 0 Å². The summed E-state index contributed by atoms with van der Waals surface area (Å²) in [5.41, 5.74) is -1.31. The maximum absolute atomic E-state index is 12.1. The molecule has 0 amide bonds. The van der Waals surface area contributed by atoms with Crippen LogP contribution >= 0.6 is 15.9 Å². The first-order valence-electron chi connectivity index (χ1n) is 6.66. The first-order valence-corrected chi connectivity index (χ1v) is 7.45. The van der Waals surface area contributed by atoms with Gasteiger partial charge < -0.3 is 14.6 Å². The standard InChI is InChI=1S/C15H19BrO5/c1-4-20-13(17)12(14(18)21-5-2)15(3,19)10-7-6-8-11(16)9-10/h6-9,12,19H,4-5H2,1-3H3. The number of ether oxygens (including phenoxy) is 2. The van der Waals surface area contributed by atoms with Gasteiger partial charge in [-0.1, -0.05) is 28.1 Å². The van der Waals surface area contributed by atoms with Gasteiger partial charge in [-0.15, -0.1) is 0 Å². The fourth-order valence-corrected chi connectivity index (χ4v) is 2.38. The second kappa shape index (κ2) is 7.56. The van der Waals surface area contributed by atoms with Crippen LogP contribution in [0.5, 0.6) is 0 Å². The van der Waals surface area contributed by atoms with Crippen molar-refractivity contribution in [3.8, 4) is 0 Å². The largest absolute Gasteiger partial charge is 0.465 e. The van der Waals surface area contributed by atoms with Crippen LogP contribution in [0.15, 0.2) is 28.7 Å². The normalized spacial score (nSPS) is 13.6. The zero-order valence-electron chi connectivity index (χ0n) is 12.3. The van der Waals surface area contributed by atoms with Crippen molar-refractivity contribution in [1.29, 1.82) is 0 Å². The molecule has 1 atom stereocenters. The average molecular weight is 359 g/mol. The SMILES string of the molecule is CCOC(=O)C(C(=O)OCC)C(C)(O)c1cccc(Br)c1. The lowest BCUT2D eigenvalue weighted by molar-refractivity contribution is -0.174. The molecular weight excluding hydrogens is 340 g/mol. The molecule has 1 N–H and O–H groups in total. The topological polar surface area (TPSA) is 72.8 Å². The number of esters is 2. The molecule has 0 radical (unpaired) electrons. The van der Waals surface area contributed by atoms with E-state index >= 15 is 0 Å². The number of carbonyl (C=O) groups is 2. The van der Waals surface area contributed by atoms with E-state index in [1.165, 1.54) is 6.92 Å². The van der Waals surface area contributed by atoms with E-state index in [-0.39, 0.29) is 13.2 Å². The third-order valence-electron chi connectivity index (χ3n) is 3.02. The highest BCUT2D eigenvalue weighted by Crippen LogP contribution is 2.32. The lowest BCUT2D eigenvalue weighted by Crippen LogP contribution is -2.44. The summed E-state index contributed by atoms with van der Waals surface area (Å²) < 4.78 is 10.5. The van der Waals surface area contributed by atoms with Gasteiger partial charge in [0.1, 0.15) is 5.60 Å². The molecule has 116 valence electrons. The molecule has 21 heavy (non-hydrogen) atoms. The van der Waals surface area contributed by atoms with Gasteiger partial charge in [-0.2, -0.15) is 0 Å². The number of hydrogen-bond acceptors (Lipinski definition) is 5.